The molecule has 0 aliphatic carbocycles. The van der Waals surface area contributed by atoms with Crippen molar-refractivity contribution in [2.45, 2.75) is 13.8 Å². The smallest absolute Gasteiger partial charge is 0.348 e. The van der Waals surface area contributed by atoms with Crippen molar-refractivity contribution in [1.82, 2.24) is 0 Å². The topological polar surface area (TPSA) is 68.6 Å². The van der Waals surface area contributed by atoms with Gasteiger partial charge in [-0.05, 0) is 43.2 Å². The summed E-state index contributed by atoms with van der Waals surface area (Å²) in [6, 6.07) is 5.40. The molecule has 1 aliphatic rings. The molecule has 0 amide bonds. The van der Waals surface area contributed by atoms with Crippen molar-refractivity contribution >= 4 is 12.0 Å². The Kier molecular flexibility index (Phi) is 3.71. The zero-order chi connectivity index (χ0) is 13.8. The van der Waals surface area contributed by atoms with Gasteiger partial charge in [0.05, 0.1) is 6.61 Å². The number of carbonyl (C=O) groups excluding carboxylic acids is 1. The van der Waals surface area contributed by atoms with Crippen LogP contribution in [0.2, 0.25) is 0 Å². The van der Waals surface area contributed by atoms with Gasteiger partial charge >= 0.3 is 5.97 Å². The van der Waals surface area contributed by atoms with Gasteiger partial charge in [0.1, 0.15) is 11.6 Å². The number of hydrogen-bond acceptors (Lipinski definition) is 5. The Morgan fingerprint density at radius 3 is 2.79 bits per heavy atom. The molecule has 1 aromatic carbocycles. The highest BCUT2D eigenvalue weighted by Gasteiger charge is 2.16. The molecule has 0 saturated carbocycles. The van der Waals surface area contributed by atoms with E-state index in [9.17, 15) is 4.79 Å². The number of esters is 1. The highest BCUT2D eigenvalue weighted by molar-refractivity contribution is 5.98. The van der Waals surface area contributed by atoms with Gasteiger partial charge in [-0.2, -0.15) is 5.26 Å². The molecule has 0 N–H and O–H groups in total. The van der Waals surface area contributed by atoms with E-state index >= 15 is 0 Å². The Morgan fingerprint density at radius 1 is 1.47 bits per heavy atom. The van der Waals surface area contributed by atoms with Crippen LogP contribution in [-0.4, -0.2) is 19.4 Å². The number of benzene rings is 1. The van der Waals surface area contributed by atoms with Crippen LogP contribution in [0.1, 0.15) is 18.1 Å². The number of ether oxygens (including phenoxy) is 3. The molecule has 0 bridgehead atoms. The Labute approximate surface area is 111 Å². The maximum Gasteiger partial charge on any atom is 0.348 e. The van der Waals surface area contributed by atoms with E-state index in [0.717, 1.165) is 11.1 Å². The van der Waals surface area contributed by atoms with Crippen molar-refractivity contribution in [3.05, 3.63) is 28.8 Å². The van der Waals surface area contributed by atoms with Crippen molar-refractivity contribution in [1.29, 1.82) is 5.26 Å². The van der Waals surface area contributed by atoms with Gasteiger partial charge in [-0.25, -0.2) is 4.79 Å². The standard InChI is InChI=1S/C14H13NO4/c1-3-17-14(16)11(7-15)5-10-6-13-12(4-9(10)2)18-8-19-13/h4-6H,3,8H2,1-2H3. The summed E-state index contributed by atoms with van der Waals surface area (Å²) < 4.78 is 15.3. The van der Waals surface area contributed by atoms with Crippen LogP contribution in [0.25, 0.3) is 6.08 Å². The SMILES string of the molecule is CCOC(=O)C(C#N)=Cc1cc2c(cc1C)OCO2. The number of hydrogen-bond donors (Lipinski definition) is 0. The molecule has 5 nitrogen and oxygen atoms in total. The van der Waals surface area contributed by atoms with Crippen LogP contribution in [0.5, 0.6) is 11.5 Å². The summed E-state index contributed by atoms with van der Waals surface area (Å²) in [6.07, 6.45) is 1.50. The molecule has 5 heteroatoms. The molecule has 19 heavy (non-hydrogen) atoms. The van der Waals surface area contributed by atoms with Crippen LogP contribution >= 0.6 is 0 Å². The average Bonchev–Trinajstić information content (AvgIpc) is 2.83. The van der Waals surface area contributed by atoms with Crippen molar-refractivity contribution in [3.63, 3.8) is 0 Å². The van der Waals surface area contributed by atoms with Gasteiger partial charge in [0.15, 0.2) is 11.5 Å². The Balaban J connectivity index is 2.36. The number of fused-ring (bicyclic) bond motifs is 1. The third-order valence-electron chi connectivity index (χ3n) is 2.68. The van der Waals surface area contributed by atoms with Crippen molar-refractivity contribution in [2.24, 2.45) is 0 Å². The maximum absolute atomic E-state index is 11.6. The molecule has 1 aromatic rings. The number of carbonyl (C=O) groups is 1. The first-order valence-electron chi connectivity index (χ1n) is 5.85. The minimum atomic E-state index is -0.623. The first-order valence-corrected chi connectivity index (χ1v) is 5.85. The third-order valence-corrected chi connectivity index (χ3v) is 2.68. The Hall–Kier alpha value is -2.48. The van der Waals surface area contributed by atoms with Gasteiger partial charge in [-0.15, -0.1) is 0 Å². The third kappa shape index (κ3) is 2.68. The fraction of sp³-hybridized carbons (Fsp3) is 0.286. The van der Waals surface area contributed by atoms with Crippen LogP contribution in [0.15, 0.2) is 17.7 Å². The second kappa shape index (κ2) is 5.44. The summed E-state index contributed by atoms with van der Waals surface area (Å²) in [5.74, 6) is 0.657. The predicted molar refractivity (Wildman–Crippen MR) is 67.5 cm³/mol. The van der Waals surface area contributed by atoms with Gasteiger partial charge in [0.2, 0.25) is 6.79 Å². The molecule has 0 radical (unpaired) electrons. The minimum absolute atomic E-state index is 0.0381. The maximum atomic E-state index is 11.6. The van der Waals surface area contributed by atoms with Crippen LogP contribution in [0.3, 0.4) is 0 Å². The zero-order valence-electron chi connectivity index (χ0n) is 10.7. The highest BCUT2D eigenvalue weighted by atomic mass is 16.7. The second-order valence-corrected chi connectivity index (χ2v) is 3.95. The van der Waals surface area contributed by atoms with E-state index in [2.05, 4.69) is 0 Å². The van der Waals surface area contributed by atoms with Gasteiger partial charge in [-0.1, -0.05) is 0 Å². The first-order chi connectivity index (χ1) is 9.15. The molecule has 0 saturated heterocycles. The zero-order valence-corrected chi connectivity index (χ0v) is 10.7. The molecular weight excluding hydrogens is 246 g/mol. The number of aryl methyl sites for hydroxylation is 1. The highest BCUT2D eigenvalue weighted by Crippen LogP contribution is 2.35. The van der Waals surface area contributed by atoms with E-state index in [4.69, 9.17) is 19.5 Å². The summed E-state index contributed by atoms with van der Waals surface area (Å²) in [7, 11) is 0. The molecular formula is C14H13NO4. The molecule has 1 heterocycles. The lowest BCUT2D eigenvalue weighted by atomic mass is 10.0. The average molecular weight is 259 g/mol. The van der Waals surface area contributed by atoms with Crippen LogP contribution in [-0.2, 0) is 9.53 Å². The van der Waals surface area contributed by atoms with Gasteiger partial charge in [-0.3, -0.25) is 0 Å². The number of nitriles is 1. The van der Waals surface area contributed by atoms with Crippen molar-refractivity contribution < 1.29 is 19.0 Å². The lowest BCUT2D eigenvalue weighted by Gasteiger charge is -2.04. The monoisotopic (exact) mass is 259 g/mol. The molecule has 0 spiro atoms. The minimum Gasteiger partial charge on any atom is -0.462 e. The van der Waals surface area contributed by atoms with Crippen LogP contribution in [0, 0.1) is 18.3 Å². The Morgan fingerprint density at radius 2 is 2.16 bits per heavy atom. The summed E-state index contributed by atoms with van der Waals surface area (Å²) in [4.78, 5) is 11.6. The van der Waals surface area contributed by atoms with E-state index in [0.29, 0.717) is 11.5 Å². The lowest BCUT2D eigenvalue weighted by Crippen LogP contribution is -2.06. The van der Waals surface area contributed by atoms with Gasteiger partial charge in [0.25, 0.3) is 0 Å². The largest absolute Gasteiger partial charge is 0.462 e. The van der Waals surface area contributed by atoms with E-state index in [1.54, 1.807) is 13.0 Å². The lowest BCUT2D eigenvalue weighted by molar-refractivity contribution is -0.137. The normalized spacial score (nSPS) is 13.0. The van der Waals surface area contributed by atoms with E-state index in [1.165, 1.54) is 6.08 Å². The van der Waals surface area contributed by atoms with E-state index < -0.39 is 5.97 Å². The molecule has 0 atom stereocenters. The quantitative estimate of drug-likeness (QED) is 0.473. The van der Waals surface area contributed by atoms with Crippen LogP contribution < -0.4 is 9.47 Å². The first kappa shape index (κ1) is 13.0. The van der Waals surface area contributed by atoms with Crippen molar-refractivity contribution in [3.8, 4) is 17.6 Å². The van der Waals surface area contributed by atoms with Crippen LogP contribution in [0.4, 0.5) is 0 Å². The molecule has 0 aromatic heterocycles. The summed E-state index contributed by atoms with van der Waals surface area (Å²) in [5.41, 5.74) is 1.58. The second-order valence-electron chi connectivity index (χ2n) is 3.95. The fourth-order valence-electron chi connectivity index (χ4n) is 1.72. The Bertz CT molecular complexity index is 584. The molecule has 2 rings (SSSR count). The molecule has 98 valence electrons. The van der Waals surface area contributed by atoms with Gasteiger partial charge < -0.3 is 14.2 Å². The molecule has 0 fully saturated rings. The molecule has 0 unspecified atom stereocenters. The fourth-order valence-corrected chi connectivity index (χ4v) is 1.72. The predicted octanol–water partition coefficient (Wildman–Crippen LogP) is 2.19. The summed E-state index contributed by atoms with van der Waals surface area (Å²) in [6.45, 7) is 3.98. The summed E-state index contributed by atoms with van der Waals surface area (Å²) >= 11 is 0. The van der Waals surface area contributed by atoms with E-state index in [1.807, 2.05) is 19.1 Å². The molecule has 1 aliphatic heterocycles. The summed E-state index contributed by atoms with van der Waals surface area (Å²) in [5, 5.41) is 8.99. The number of rotatable bonds is 3. The van der Waals surface area contributed by atoms with E-state index in [-0.39, 0.29) is 19.0 Å². The van der Waals surface area contributed by atoms with Crippen molar-refractivity contribution in [2.75, 3.05) is 13.4 Å². The number of nitrogens with zero attached hydrogens (tertiary/aromatic N) is 1. The van der Waals surface area contributed by atoms with Gasteiger partial charge in [0, 0.05) is 0 Å².